The molecule has 1 fully saturated rings. The highest BCUT2D eigenvalue weighted by Crippen LogP contribution is 2.44. The van der Waals surface area contributed by atoms with E-state index in [0.29, 0.717) is 25.6 Å². The molecule has 0 amide bonds. The quantitative estimate of drug-likeness (QED) is 0.659. The first kappa shape index (κ1) is 16.8. The number of rotatable bonds is 8. The number of hydrogen-bond donors (Lipinski definition) is 0. The van der Waals surface area contributed by atoms with Gasteiger partial charge in [-0.25, -0.2) is 8.78 Å². The van der Waals surface area contributed by atoms with Gasteiger partial charge in [0.15, 0.2) is 0 Å². The molecule has 4 heteroatoms. The molecule has 19 heavy (non-hydrogen) atoms. The van der Waals surface area contributed by atoms with Gasteiger partial charge in [-0.2, -0.15) is 0 Å². The van der Waals surface area contributed by atoms with E-state index >= 15 is 0 Å². The van der Waals surface area contributed by atoms with Gasteiger partial charge in [0.25, 0.3) is 0 Å². The van der Waals surface area contributed by atoms with E-state index in [-0.39, 0.29) is 11.8 Å². The van der Waals surface area contributed by atoms with Crippen molar-refractivity contribution in [2.45, 2.75) is 57.8 Å². The van der Waals surface area contributed by atoms with Gasteiger partial charge in [-0.1, -0.05) is 19.3 Å². The average Bonchev–Trinajstić information content (AvgIpc) is 2.37. The van der Waals surface area contributed by atoms with Crippen molar-refractivity contribution in [3.8, 4) is 0 Å². The second kappa shape index (κ2) is 7.53. The molecular formula is C15H28F2O2. The zero-order valence-corrected chi connectivity index (χ0v) is 12.5. The summed E-state index contributed by atoms with van der Waals surface area (Å²) in [5.74, 6) is -2.16. The van der Waals surface area contributed by atoms with Gasteiger partial charge in [0.05, 0.1) is 13.2 Å². The Hall–Kier alpha value is -0.220. The Morgan fingerprint density at radius 1 is 0.947 bits per heavy atom. The molecule has 1 rings (SSSR count). The van der Waals surface area contributed by atoms with Crippen molar-refractivity contribution < 1.29 is 18.3 Å². The number of alkyl halides is 2. The molecule has 1 aliphatic carbocycles. The monoisotopic (exact) mass is 278 g/mol. The van der Waals surface area contributed by atoms with E-state index in [2.05, 4.69) is 0 Å². The first-order valence-electron chi connectivity index (χ1n) is 7.29. The summed E-state index contributed by atoms with van der Waals surface area (Å²) in [7, 11) is 3.30. The van der Waals surface area contributed by atoms with Gasteiger partial charge in [-0.05, 0) is 32.1 Å². The van der Waals surface area contributed by atoms with Gasteiger partial charge in [-0.3, -0.25) is 0 Å². The van der Waals surface area contributed by atoms with Gasteiger partial charge in [-0.15, -0.1) is 0 Å². The molecule has 0 spiro atoms. The first-order valence-corrected chi connectivity index (χ1v) is 7.29. The van der Waals surface area contributed by atoms with Gasteiger partial charge in [0.1, 0.15) is 0 Å². The van der Waals surface area contributed by atoms with Gasteiger partial charge < -0.3 is 9.47 Å². The minimum Gasteiger partial charge on any atom is -0.384 e. The minimum absolute atomic E-state index is 0.0871. The second-order valence-corrected chi connectivity index (χ2v) is 6.13. The van der Waals surface area contributed by atoms with E-state index in [0.717, 1.165) is 19.8 Å². The number of halogens is 2. The van der Waals surface area contributed by atoms with Crippen LogP contribution in [0.2, 0.25) is 0 Å². The van der Waals surface area contributed by atoms with Crippen molar-refractivity contribution in [3.05, 3.63) is 0 Å². The summed E-state index contributed by atoms with van der Waals surface area (Å²) in [6, 6.07) is 0. The van der Waals surface area contributed by atoms with Gasteiger partial charge in [0, 0.05) is 26.1 Å². The molecule has 0 aromatic rings. The standard InChI is InChI=1S/C15H28F2O2/c1-14(16,17)9-10-15(11-18-2,12-19-3)13-7-5-4-6-8-13/h13H,4-12H2,1-3H3. The molecule has 0 atom stereocenters. The summed E-state index contributed by atoms with van der Waals surface area (Å²) >= 11 is 0. The molecule has 0 unspecified atom stereocenters. The summed E-state index contributed by atoms with van der Waals surface area (Å²) < 4.78 is 37.1. The Labute approximate surface area is 115 Å². The summed E-state index contributed by atoms with van der Waals surface area (Å²) in [5.41, 5.74) is -0.247. The molecule has 0 aromatic heterocycles. The summed E-state index contributed by atoms with van der Waals surface area (Å²) in [5, 5.41) is 0. The molecule has 0 radical (unpaired) electrons. The Morgan fingerprint density at radius 2 is 1.47 bits per heavy atom. The lowest BCUT2D eigenvalue weighted by Gasteiger charge is -2.42. The SMILES string of the molecule is COCC(CCC(C)(F)F)(COC)C1CCCCC1. The molecule has 2 nitrogen and oxygen atoms in total. The number of methoxy groups -OCH3 is 2. The first-order chi connectivity index (χ1) is 8.93. The van der Waals surface area contributed by atoms with E-state index in [9.17, 15) is 8.78 Å². The van der Waals surface area contributed by atoms with E-state index in [1.54, 1.807) is 14.2 Å². The molecule has 1 aliphatic rings. The van der Waals surface area contributed by atoms with Crippen LogP contribution in [-0.2, 0) is 9.47 Å². The smallest absolute Gasteiger partial charge is 0.245 e. The lowest BCUT2D eigenvalue weighted by Crippen LogP contribution is -2.41. The van der Waals surface area contributed by atoms with Gasteiger partial charge in [0.2, 0.25) is 5.92 Å². The highest BCUT2D eigenvalue weighted by molar-refractivity contribution is 4.89. The molecular weight excluding hydrogens is 250 g/mol. The van der Waals surface area contributed by atoms with Crippen molar-refractivity contribution in [2.24, 2.45) is 11.3 Å². The molecule has 114 valence electrons. The Kier molecular flexibility index (Phi) is 6.67. The van der Waals surface area contributed by atoms with E-state index in [4.69, 9.17) is 9.47 Å². The summed E-state index contributed by atoms with van der Waals surface area (Å²) in [6.45, 7) is 2.03. The molecule has 0 bridgehead atoms. The van der Waals surface area contributed by atoms with E-state index in [1.165, 1.54) is 19.3 Å². The highest BCUT2D eigenvalue weighted by Gasteiger charge is 2.41. The van der Waals surface area contributed by atoms with Gasteiger partial charge >= 0.3 is 0 Å². The van der Waals surface area contributed by atoms with Crippen LogP contribution in [0.15, 0.2) is 0 Å². The lowest BCUT2D eigenvalue weighted by molar-refractivity contribution is -0.0704. The fourth-order valence-corrected chi connectivity index (χ4v) is 3.38. The van der Waals surface area contributed by atoms with Crippen molar-refractivity contribution in [1.29, 1.82) is 0 Å². The van der Waals surface area contributed by atoms with E-state index in [1.807, 2.05) is 0 Å². The van der Waals surface area contributed by atoms with Crippen molar-refractivity contribution >= 4 is 0 Å². The molecule has 0 N–H and O–H groups in total. The zero-order valence-electron chi connectivity index (χ0n) is 12.5. The summed E-state index contributed by atoms with van der Waals surface area (Å²) in [6.07, 6.45) is 6.27. The van der Waals surface area contributed by atoms with Crippen LogP contribution in [-0.4, -0.2) is 33.4 Å². The van der Waals surface area contributed by atoms with Crippen LogP contribution >= 0.6 is 0 Å². The third-order valence-electron chi connectivity index (χ3n) is 4.40. The van der Waals surface area contributed by atoms with Crippen molar-refractivity contribution in [3.63, 3.8) is 0 Å². The largest absolute Gasteiger partial charge is 0.384 e. The fourth-order valence-electron chi connectivity index (χ4n) is 3.38. The molecule has 0 aliphatic heterocycles. The maximum absolute atomic E-state index is 13.2. The number of ether oxygens (including phenoxy) is 2. The normalized spacial score (nSPS) is 18.8. The van der Waals surface area contributed by atoms with Crippen LogP contribution < -0.4 is 0 Å². The molecule has 1 saturated carbocycles. The zero-order chi connectivity index (χ0) is 14.4. The van der Waals surface area contributed by atoms with E-state index < -0.39 is 5.92 Å². The predicted octanol–water partition coefficient (Wildman–Crippen LogP) is 4.28. The highest BCUT2D eigenvalue weighted by atomic mass is 19.3. The minimum atomic E-state index is -2.61. The second-order valence-electron chi connectivity index (χ2n) is 6.13. The third-order valence-corrected chi connectivity index (χ3v) is 4.40. The van der Waals surface area contributed by atoms with Crippen LogP contribution in [0.1, 0.15) is 51.9 Å². The fraction of sp³-hybridized carbons (Fsp3) is 1.00. The third kappa shape index (κ3) is 5.35. The van der Waals surface area contributed by atoms with Crippen LogP contribution in [0.3, 0.4) is 0 Å². The van der Waals surface area contributed by atoms with Crippen LogP contribution in [0.4, 0.5) is 8.78 Å². The van der Waals surface area contributed by atoms with Crippen molar-refractivity contribution in [2.75, 3.05) is 27.4 Å². The molecule has 0 heterocycles. The van der Waals surface area contributed by atoms with Crippen molar-refractivity contribution in [1.82, 2.24) is 0 Å². The van der Waals surface area contributed by atoms with Crippen LogP contribution in [0.25, 0.3) is 0 Å². The maximum atomic E-state index is 13.2. The molecule has 0 saturated heterocycles. The topological polar surface area (TPSA) is 18.5 Å². The Balaban J connectivity index is 2.78. The Bertz CT molecular complexity index is 239. The molecule has 0 aromatic carbocycles. The maximum Gasteiger partial charge on any atom is 0.245 e. The number of hydrogen-bond acceptors (Lipinski definition) is 2. The Morgan fingerprint density at radius 3 is 1.89 bits per heavy atom. The van der Waals surface area contributed by atoms with Crippen LogP contribution in [0.5, 0.6) is 0 Å². The summed E-state index contributed by atoms with van der Waals surface area (Å²) in [4.78, 5) is 0. The average molecular weight is 278 g/mol. The lowest BCUT2D eigenvalue weighted by atomic mass is 9.67. The predicted molar refractivity (Wildman–Crippen MR) is 72.6 cm³/mol. The van der Waals surface area contributed by atoms with Crippen LogP contribution in [0, 0.1) is 11.3 Å².